The number of nitriles is 1. The quantitative estimate of drug-likeness (QED) is 0.502. The number of nitrogens with one attached hydrogen (secondary N) is 1. The van der Waals surface area contributed by atoms with Gasteiger partial charge in [0.25, 0.3) is 0 Å². The number of aromatic nitrogens is 2. The number of hydrogen-bond acceptors (Lipinski definition) is 4. The lowest BCUT2D eigenvalue weighted by Gasteiger charge is -2.32. The van der Waals surface area contributed by atoms with E-state index < -0.39 is 52.9 Å². The molecule has 4 rings (SSSR count). The predicted molar refractivity (Wildman–Crippen MR) is 104 cm³/mol. The zero-order valence-electron chi connectivity index (χ0n) is 17.5. The fourth-order valence-corrected chi connectivity index (χ4v) is 4.32. The number of rotatable bonds is 3. The van der Waals surface area contributed by atoms with Gasteiger partial charge in [-0.15, -0.1) is 0 Å². The van der Waals surface area contributed by atoms with Crippen LogP contribution in [0.1, 0.15) is 42.8 Å². The van der Waals surface area contributed by atoms with Crippen LogP contribution in [0, 0.1) is 34.7 Å². The SMILES string of the molecule is COc1c([C@H]2[C@H](c3nc4cc(C#N)c(F)cc4[nH]3)O[C@@](C)(C(F)(F)F)[C@H]2C)ccc(F)c1F. The van der Waals surface area contributed by atoms with E-state index in [1.54, 1.807) is 6.07 Å². The van der Waals surface area contributed by atoms with Gasteiger partial charge in [0.05, 0.1) is 23.7 Å². The highest BCUT2D eigenvalue weighted by molar-refractivity contribution is 5.77. The van der Waals surface area contributed by atoms with Crippen molar-refractivity contribution in [1.82, 2.24) is 9.97 Å². The summed E-state index contributed by atoms with van der Waals surface area (Å²) in [6.07, 6.45) is -6.21. The molecule has 174 valence electrons. The van der Waals surface area contributed by atoms with Crippen molar-refractivity contribution in [3.63, 3.8) is 0 Å². The maximum Gasteiger partial charge on any atom is 0.417 e. The zero-order valence-corrected chi connectivity index (χ0v) is 17.5. The Balaban J connectivity index is 1.93. The molecule has 2 heterocycles. The van der Waals surface area contributed by atoms with E-state index in [1.165, 1.54) is 6.92 Å². The minimum absolute atomic E-state index is 0.0359. The van der Waals surface area contributed by atoms with Gasteiger partial charge in [-0.05, 0) is 19.1 Å². The predicted octanol–water partition coefficient (Wildman–Crippen LogP) is 5.67. The third kappa shape index (κ3) is 3.40. The fraction of sp³-hybridized carbons (Fsp3) is 0.364. The summed E-state index contributed by atoms with van der Waals surface area (Å²) in [4.78, 5) is 6.96. The van der Waals surface area contributed by atoms with E-state index in [-0.39, 0.29) is 28.0 Å². The molecule has 3 aromatic rings. The molecule has 2 aromatic carbocycles. The van der Waals surface area contributed by atoms with Gasteiger partial charge in [-0.3, -0.25) is 0 Å². The number of methoxy groups -OCH3 is 1. The molecule has 1 aromatic heterocycles. The second kappa shape index (κ2) is 7.66. The maximum atomic E-state index is 14.4. The number of alkyl halides is 3. The van der Waals surface area contributed by atoms with Crippen molar-refractivity contribution in [2.45, 2.75) is 37.6 Å². The highest BCUT2D eigenvalue weighted by Crippen LogP contribution is 2.59. The summed E-state index contributed by atoms with van der Waals surface area (Å²) in [5, 5.41) is 9.03. The first-order chi connectivity index (χ1) is 15.4. The molecule has 1 fully saturated rings. The smallest absolute Gasteiger partial charge is 0.417 e. The lowest BCUT2D eigenvalue weighted by molar-refractivity contribution is -0.275. The zero-order chi connectivity index (χ0) is 24.3. The van der Waals surface area contributed by atoms with Crippen LogP contribution in [0.5, 0.6) is 5.75 Å². The standard InChI is InChI=1S/C22H17F6N3O2/c1-9-16(11-4-5-12(23)17(25)18(11)32-3)19(33-21(9,2)22(26,27)28)20-30-14-6-10(8-29)13(24)7-15(14)31-20/h4-7,9,16,19H,1-3H3,(H,30,31)/t9-,16-,19+,21+/m0/s1. The van der Waals surface area contributed by atoms with E-state index in [0.717, 1.165) is 38.3 Å². The highest BCUT2D eigenvalue weighted by atomic mass is 19.4. The number of aromatic amines is 1. The summed E-state index contributed by atoms with van der Waals surface area (Å²) < 4.78 is 94.9. The number of halogens is 6. The molecule has 0 bridgehead atoms. The molecule has 4 atom stereocenters. The summed E-state index contributed by atoms with van der Waals surface area (Å²) in [7, 11) is 1.08. The van der Waals surface area contributed by atoms with Gasteiger partial charge >= 0.3 is 6.18 Å². The molecule has 0 aliphatic carbocycles. The molecule has 0 unspecified atom stereocenters. The number of nitrogens with zero attached hydrogens (tertiary/aromatic N) is 2. The average molecular weight is 469 g/mol. The van der Waals surface area contributed by atoms with Crippen LogP contribution in [0.3, 0.4) is 0 Å². The number of fused-ring (bicyclic) bond motifs is 1. The number of hydrogen-bond donors (Lipinski definition) is 1. The summed E-state index contributed by atoms with van der Waals surface area (Å²) in [5.41, 5.74) is -2.73. The molecule has 33 heavy (non-hydrogen) atoms. The van der Waals surface area contributed by atoms with Gasteiger partial charge in [0.2, 0.25) is 5.82 Å². The Morgan fingerprint density at radius 3 is 2.48 bits per heavy atom. The lowest BCUT2D eigenvalue weighted by Crippen LogP contribution is -2.46. The topological polar surface area (TPSA) is 70.9 Å². The minimum Gasteiger partial charge on any atom is -0.493 e. The average Bonchev–Trinajstić information content (AvgIpc) is 3.28. The Morgan fingerprint density at radius 1 is 1.18 bits per heavy atom. The second-order valence-corrected chi connectivity index (χ2v) is 8.02. The summed E-state index contributed by atoms with van der Waals surface area (Å²) in [5.74, 6) is -6.47. The molecule has 0 amide bonds. The van der Waals surface area contributed by atoms with E-state index in [4.69, 9.17) is 14.7 Å². The van der Waals surface area contributed by atoms with Gasteiger partial charge in [-0.25, -0.2) is 13.8 Å². The van der Waals surface area contributed by atoms with Crippen molar-refractivity contribution in [2.75, 3.05) is 7.11 Å². The van der Waals surface area contributed by atoms with Crippen LogP contribution in [0.15, 0.2) is 24.3 Å². The van der Waals surface area contributed by atoms with Crippen LogP contribution in [0.25, 0.3) is 11.0 Å². The fourth-order valence-electron chi connectivity index (χ4n) is 4.32. The molecule has 1 aliphatic heterocycles. The Bertz CT molecular complexity index is 1280. The van der Waals surface area contributed by atoms with Gasteiger partial charge in [0.1, 0.15) is 23.8 Å². The third-order valence-corrected chi connectivity index (χ3v) is 6.29. The van der Waals surface area contributed by atoms with Crippen molar-refractivity contribution >= 4 is 11.0 Å². The molecule has 11 heteroatoms. The van der Waals surface area contributed by atoms with Crippen molar-refractivity contribution in [1.29, 1.82) is 5.26 Å². The maximum absolute atomic E-state index is 14.4. The van der Waals surface area contributed by atoms with Gasteiger partial charge < -0.3 is 14.5 Å². The van der Waals surface area contributed by atoms with Crippen LogP contribution >= 0.6 is 0 Å². The van der Waals surface area contributed by atoms with Crippen LogP contribution in [0.4, 0.5) is 26.3 Å². The van der Waals surface area contributed by atoms with Gasteiger partial charge in [-0.2, -0.15) is 22.8 Å². The second-order valence-electron chi connectivity index (χ2n) is 8.02. The van der Waals surface area contributed by atoms with Crippen molar-refractivity contribution in [3.05, 3.63) is 58.7 Å². The van der Waals surface area contributed by atoms with E-state index in [1.807, 2.05) is 0 Å². The van der Waals surface area contributed by atoms with E-state index in [0.29, 0.717) is 0 Å². The molecular weight excluding hydrogens is 452 g/mol. The summed E-state index contributed by atoms with van der Waals surface area (Å²) in [6, 6.07) is 5.76. The number of ether oxygens (including phenoxy) is 2. The van der Waals surface area contributed by atoms with Gasteiger partial charge in [0, 0.05) is 23.5 Å². The first-order valence-corrected chi connectivity index (χ1v) is 9.78. The monoisotopic (exact) mass is 469 g/mol. The van der Waals surface area contributed by atoms with Gasteiger partial charge in [-0.1, -0.05) is 13.0 Å². The van der Waals surface area contributed by atoms with Crippen LogP contribution in [0.2, 0.25) is 0 Å². The molecule has 1 aliphatic rings. The Kier molecular flexibility index (Phi) is 5.32. The number of imidazole rings is 1. The van der Waals surface area contributed by atoms with E-state index in [2.05, 4.69) is 9.97 Å². The van der Waals surface area contributed by atoms with Crippen molar-refractivity contribution in [2.24, 2.45) is 5.92 Å². The molecule has 5 nitrogen and oxygen atoms in total. The molecule has 0 spiro atoms. The largest absolute Gasteiger partial charge is 0.493 e. The van der Waals surface area contributed by atoms with Crippen molar-refractivity contribution in [3.8, 4) is 11.8 Å². The van der Waals surface area contributed by atoms with Crippen molar-refractivity contribution < 1.29 is 35.8 Å². The van der Waals surface area contributed by atoms with Crippen LogP contribution < -0.4 is 4.74 Å². The van der Waals surface area contributed by atoms with Crippen LogP contribution in [-0.4, -0.2) is 28.9 Å². The van der Waals surface area contributed by atoms with E-state index in [9.17, 15) is 26.3 Å². The third-order valence-electron chi connectivity index (χ3n) is 6.29. The summed E-state index contributed by atoms with van der Waals surface area (Å²) in [6.45, 7) is 2.15. The first kappa shape index (κ1) is 22.9. The Morgan fingerprint density at radius 2 is 1.88 bits per heavy atom. The number of benzene rings is 2. The van der Waals surface area contributed by atoms with Gasteiger partial charge in [0.15, 0.2) is 17.2 Å². The number of H-pyrrole nitrogens is 1. The molecule has 0 saturated carbocycles. The van der Waals surface area contributed by atoms with E-state index >= 15 is 0 Å². The summed E-state index contributed by atoms with van der Waals surface area (Å²) >= 11 is 0. The molecule has 1 saturated heterocycles. The molecular formula is C22H17F6N3O2. The molecule has 0 radical (unpaired) electrons. The Hall–Kier alpha value is -3.26. The van der Waals surface area contributed by atoms with Crippen LogP contribution in [-0.2, 0) is 4.74 Å². The lowest BCUT2D eigenvalue weighted by atomic mass is 9.77. The minimum atomic E-state index is -4.81. The first-order valence-electron chi connectivity index (χ1n) is 9.78. The normalized spacial score (nSPS) is 25.4. The Labute approximate surface area is 183 Å². The highest BCUT2D eigenvalue weighted by Gasteiger charge is 2.65. The molecule has 1 N–H and O–H groups in total.